The lowest BCUT2D eigenvalue weighted by molar-refractivity contribution is 0.461. The predicted octanol–water partition coefficient (Wildman–Crippen LogP) is 5.43. The number of fused-ring (bicyclic) bond motifs is 1. The first-order valence-corrected chi connectivity index (χ1v) is 9.56. The molecule has 3 aromatic rings. The van der Waals surface area contributed by atoms with Gasteiger partial charge in [-0.25, -0.2) is 4.98 Å². The molecule has 124 valence electrons. The molecular formula is C20H22BrN3. The van der Waals surface area contributed by atoms with Crippen molar-refractivity contribution in [3.63, 3.8) is 0 Å². The Morgan fingerprint density at radius 2 is 1.83 bits per heavy atom. The third-order valence-corrected chi connectivity index (χ3v) is 5.28. The molecule has 0 bridgehead atoms. The van der Waals surface area contributed by atoms with Crippen LogP contribution in [0.2, 0.25) is 0 Å². The molecule has 1 saturated carbocycles. The summed E-state index contributed by atoms with van der Waals surface area (Å²) in [4.78, 5) is 4.89. The molecule has 24 heavy (non-hydrogen) atoms. The number of pyridine rings is 1. The van der Waals surface area contributed by atoms with E-state index in [0.29, 0.717) is 6.04 Å². The van der Waals surface area contributed by atoms with Gasteiger partial charge in [0, 0.05) is 23.1 Å². The van der Waals surface area contributed by atoms with Gasteiger partial charge >= 0.3 is 0 Å². The average molecular weight is 384 g/mol. The van der Waals surface area contributed by atoms with Gasteiger partial charge in [-0.1, -0.05) is 49.6 Å². The van der Waals surface area contributed by atoms with E-state index in [2.05, 4.69) is 74.3 Å². The third kappa shape index (κ3) is 3.34. The number of nitrogens with zero attached hydrogens (tertiary/aromatic N) is 2. The van der Waals surface area contributed by atoms with Crippen LogP contribution in [0.3, 0.4) is 0 Å². The summed E-state index contributed by atoms with van der Waals surface area (Å²) in [6, 6.07) is 15.3. The molecule has 0 saturated heterocycles. The van der Waals surface area contributed by atoms with E-state index in [9.17, 15) is 0 Å². The number of benzene rings is 1. The smallest absolute Gasteiger partial charge is 0.138 e. The van der Waals surface area contributed by atoms with Crippen LogP contribution in [0.5, 0.6) is 0 Å². The van der Waals surface area contributed by atoms with Gasteiger partial charge in [0.05, 0.1) is 5.69 Å². The average Bonchev–Trinajstić information content (AvgIpc) is 2.94. The molecule has 4 rings (SSSR count). The zero-order chi connectivity index (χ0) is 16.4. The summed E-state index contributed by atoms with van der Waals surface area (Å²) in [6.45, 7) is 0. The van der Waals surface area contributed by atoms with Crippen LogP contribution in [0, 0.1) is 0 Å². The Morgan fingerprint density at radius 3 is 2.62 bits per heavy atom. The van der Waals surface area contributed by atoms with Crippen molar-refractivity contribution in [2.75, 3.05) is 5.32 Å². The van der Waals surface area contributed by atoms with Gasteiger partial charge in [-0.05, 0) is 46.5 Å². The fourth-order valence-corrected chi connectivity index (χ4v) is 3.91. The molecule has 0 aliphatic heterocycles. The van der Waals surface area contributed by atoms with Crippen LogP contribution in [-0.2, 0) is 6.42 Å². The Morgan fingerprint density at radius 1 is 1.04 bits per heavy atom. The fraction of sp³-hybridized carbons (Fsp3) is 0.350. The highest BCUT2D eigenvalue weighted by Gasteiger charge is 2.19. The summed E-state index contributed by atoms with van der Waals surface area (Å²) >= 11 is 3.59. The predicted molar refractivity (Wildman–Crippen MR) is 103 cm³/mol. The van der Waals surface area contributed by atoms with E-state index < -0.39 is 0 Å². The van der Waals surface area contributed by atoms with Crippen molar-refractivity contribution in [3.8, 4) is 0 Å². The molecule has 1 N–H and O–H groups in total. The van der Waals surface area contributed by atoms with Gasteiger partial charge in [0.2, 0.25) is 0 Å². The Kier molecular flexibility index (Phi) is 4.56. The summed E-state index contributed by atoms with van der Waals surface area (Å²) in [5, 5.41) is 3.80. The first-order chi connectivity index (χ1) is 11.8. The highest BCUT2D eigenvalue weighted by Crippen LogP contribution is 2.27. The third-order valence-electron chi connectivity index (χ3n) is 4.82. The van der Waals surface area contributed by atoms with Crippen LogP contribution in [-0.4, -0.2) is 15.4 Å². The second-order valence-corrected chi connectivity index (χ2v) is 7.54. The number of imidazole rings is 1. The molecule has 0 spiro atoms. The van der Waals surface area contributed by atoms with Crippen molar-refractivity contribution < 1.29 is 0 Å². The monoisotopic (exact) mass is 383 g/mol. The van der Waals surface area contributed by atoms with Gasteiger partial charge in [0.1, 0.15) is 11.5 Å². The first-order valence-electron chi connectivity index (χ1n) is 8.76. The van der Waals surface area contributed by atoms with Crippen molar-refractivity contribution in [1.82, 2.24) is 9.38 Å². The minimum atomic E-state index is 0.562. The molecule has 0 radical (unpaired) electrons. The van der Waals surface area contributed by atoms with Gasteiger partial charge in [0.25, 0.3) is 0 Å². The highest BCUT2D eigenvalue weighted by molar-refractivity contribution is 9.10. The molecule has 1 aliphatic rings. The Balaban J connectivity index is 1.72. The van der Waals surface area contributed by atoms with E-state index in [1.165, 1.54) is 37.7 Å². The zero-order valence-corrected chi connectivity index (χ0v) is 15.3. The van der Waals surface area contributed by atoms with Crippen molar-refractivity contribution in [2.45, 2.75) is 44.6 Å². The van der Waals surface area contributed by atoms with Crippen LogP contribution in [0.15, 0.2) is 53.1 Å². The number of hydrogen-bond donors (Lipinski definition) is 1. The zero-order valence-electron chi connectivity index (χ0n) is 13.7. The molecule has 4 heteroatoms. The summed E-state index contributed by atoms with van der Waals surface area (Å²) in [5.41, 5.74) is 3.43. The van der Waals surface area contributed by atoms with Crippen LogP contribution in [0.4, 0.5) is 5.82 Å². The highest BCUT2D eigenvalue weighted by atomic mass is 79.9. The lowest BCUT2D eigenvalue weighted by Gasteiger charge is -2.24. The van der Waals surface area contributed by atoms with Crippen molar-refractivity contribution in [2.24, 2.45) is 0 Å². The normalized spacial score (nSPS) is 15.7. The lowest BCUT2D eigenvalue weighted by atomic mass is 9.95. The molecule has 1 aromatic carbocycles. The summed E-state index contributed by atoms with van der Waals surface area (Å²) in [6.07, 6.45) is 9.50. The number of aromatic nitrogens is 2. The number of nitrogens with one attached hydrogen (secondary N) is 1. The maximum absolute atomic E-state index is 4.89. The van der Waals surface area contributed by atoms with Crippen molar-refractivity contribution in [3.05, 3.63) is 64.4 Å². The van der Waals surface area contributed by atoms with Crippen LogP contribution >= 0.6 is 15.9 Å². The minimum Gasteiger partial charge on any atom is -0.367 e. The molecule has 3 nitrogen and oxygen atoms in total. The van der Waals surface area contributed by atoms with Gasteiger partial charge in [-0.15, -0.1) is 0 Å². The molecular weight excluding hydrogens is 362 g/mol. The van der Waals surface area contributed by atoms with E-state index in [0.717, 1.165) is 28.1 Å². The lowest BCUT2D eigenvalue weighted by Crippen LogP contribution is -2.23. The van der Waals surface area contributed by atoms with Crippen LogP contribution in [0.1, 0.15) is 43.4 Å². The summed E-state index contributed by atoms with van der Waals surface area (Å²) < 4.78 is 3.27. The molecule has 2 heterocycles. The number of anilines is 1. The van der Waals surface area contributed by atoms with Crippen molar-refractivity contribution in [1.29, 1.82) is 0 Å². The minimum absolute atomic E-state index is 0.562. The second kappa shape index (κ2) is 6.98. The number of rotatable bonds is 4. The first kappa shape index (κ1) is 15.7. The van der Waals surface area contributed by atoms with Gasteiger partial charge < -0.3 is 5.32 Å². The van der Waals surface area contributed by atoms with Gasteiger partial charge in [-0.2, -0.15) is 0 Å². The van der Waals surface area contributed by atoms with E-state index in [-0.39, 0.29) is 0 Å². The molecule has 1 fully saturated rings. The molecule has 0 atom stereocenters. The largest absolute Gasteiger partial charge is 0.367 e. The van der Waals surface area contributed by atoms with E-state index in [4.69, 9.17) is 4.98 Å². The maximum atomic E-state index is 4.89. The topological polar surface area (TPSA) is 29.3 Å². The summed E-state index contributed by atoms with van der Waals surface area (Å²) in [7, 11) is 0. The number of halogens is 1. The summed E-state index contributed by atoms with van der Waals surface area (Å²) in [5.74, 6) is 1.15. The van der Waals surface area contributed by atoms with Crippen LogP contribution < -0.4 is 5.32 Å². The Labute approximate surface area is 151 Å². The van der Waals surface area contributed by atoms with E-state index in [1.54, 1.807) is 0 Å². The molecule has 2 aromatic heterocycles. The van der Waals surface area contributed by atoms with E-state index >= 15 is 0 Å². The standard InChI is InChI=1S/C20H22BrN3/c21-16-11-12-19-23-18(13-15-7-3-1-4-8-15)20(24(19)14-16)22-17-9-5-2-6-10-17/h1,3-4,7-8,11-12,14,17,22H,2,5-6,9-10,13H2. The SMILES string of the molecule is Brc1ccc2nc(Cc3ccccc3)c(NC3CCCCC3)n2c1. The Bertz CT molecular complexity index is 820. The molecule has 0 unspecified atom stereocenters. The van der Waals surface area contributed by atoms with Gasteiger partial charge in [-0.3, -0.25) is 4.40 Å². The van der Waals surface area contributed by atoms with Gasteiger partial charge in [0.15, 0.2) is 0 Å². The van der Waals surface area contributed by atoms with E-state index in [1.807, 2.05) is 0 Å². The molecule has 1 aliphatic carbocycles. The van der Waals surface area contributed by atoms with Crippen LogP contribution in [0.25, 0.3) is 5.65 Å². The maximum Gasteiger partial charge on any atom is 0.138 e. The fourth-order valence-electron chi connectivity index (χ4n) is 3.57. The Hall–Kier alpha value is -1.81. The number of hydrogen-bond acceptors (Lipinski definition) is 2. The van der Waals surface area contributed by atoms with Crippen molar-refractivity contribution >= 4 is 27.4 Å². The quantitative estimate of drug-likeness (QED) is 0.650. The second-order valence-electron chi connectivity index (χ2n) is 6.62. The molecule has 0 amide bonds.